The van der Waals surface area contributed by atoms with Crippen LogP contribution in [0.3, 0.4) is 0 Å². The average Bonchev–Trinajstić information content (AvgIpc) is 2.82. The topological polar surface area (TPSA) is 89.5 Å². The summed E-state index contributed by atoms with van der Waals surface area (Å²) < 4.78 is 31.6. The van der Waals surface area contributed by atoms with Crippen LogP contribution in [0, 0.1) is 0 Å². The van der Waals surface area contributed by atoms with E-state index in [9.17, 15) is 9.59 Å². The molecule has 0 saturated carbocycles. The van der Waals surface area contributed by atoms with E-state index in [1.54, 1.807) is 13.8 Å². The molecule has 8 nitrogen and oxygen atoms in total. The number of rotatable bonds is 14. The van der Waals surface area contributed by atoms with Gasteiger partial charge < -0.3 is 28.4 Å². The summed E-state index contributed by atoms with van der Waals surface area (Å²) in [6.45, 7) is 11.7. The number of hydrogen-bond donors (Lipinski definition) is 0. The van der Waals surface area contributed by atoms with Crippen molar-refractivity contribution in [1.82, 2.24) is 0 Å². The molecule has 0 fully saturated rings. The van der Waals surface area contributed by atoms with Crippen LogP contribution in [-0.2, 0) is 34.0 Å². The Morgan fingerprint density at radius 1 is 0.686 bits per heavy atom. The van der Waals surface area contributed by atoms with Crippen molar-refractivity contribution in [2.45, 2.75) is 59.5 Å². The van der Waals surface area contributed by atoms with E-state index in [-0.39, 0.29) is 18.6 Å². The fourth-order valence-corrected chi connectivity index (χ4v) is 3.36. The lowest BCUT2D eigenvalue weighted by atomic mass is 9.78. The fourth-order valence-electron chi connectivity index (χ4n) is 3.36. The van der Waals surface area contributed by atoms with Crippen molar-refractivity contribution < 1.29 is 38.0 Å². The highest BCUT2D eigenvalue weighted by Gasteiger charge is 2.23. The van der Waals surface area contributed by atoms with Crippen molar-refractivity contribution in [3.63, 3.8) is 0 Å². The summed E-state index contributed by atoms with van der Waals surface area (Å²) in [5.41, 5.74) is 1.84. The van der Waals surface area contributed by atoms with Crippen LogP contribution >= 0.6 is 0 Å². The van der Waals surface area contributed by atoms with Gasteiger partial charge in [0.15, 0.2) is 25.8 Å². The van der Waals surface area contributed by atoms with Gasteiger partial charge >= 0.3 is 11.9 Å². The van der Waals surface area contributed by atoms with E-state index in [0.717, 1.165) is 11.1 Å². The lowest BCUT2D eigenvalue weighted by Gasteiger charge is -2.26. The molecule has 0 saturated heterocycles. The molecule has 2 rings (SSSR count). The second-order valence-electron chi connectivity index (χ2n) is 8.28. The Hall–Kier alpha value is -3.10. The summed E-state index contributed by atoms with van der Waals surface area (Å²) in [7, 11) is 0. The predicted octanol–water partition coefficient (Wildman–Crippen LogP) is 4.62. The zero-order valence-corrected chi connectivity index (χ0v) is 21.4. The molecule has 0 aliphatic carbocycles. The molecular formula is C27H36O8. The third kappa shape index (κ3) is 9.22. The molecule has 0 aliphatic heterocycles. The average molecular weight is 489 g/mol. The Labute approximate surface area is 207 Å². The van der Waals surface area contributed by atoms with Crippen LogP contribution in [0.1, 0.15) is 52.7 Å². The molecule has 2 unspecified atom stereocenters. The zero-order valence-electron chi connectivity index (χ0n) is 21.4. The Morgan fingerprint density at radius 3 is 1.34 bits per heavy atom. The molecule has 2 atom stereocenters. The highest BCUT2D eigenvalue weighted by molar-refractivity contribution is 5.71. The predicted molar refractivity (Wildman–Crippen MR) is 130 cm³/mol. The van der Waals surface area contributed by atoms with Gasteiger partial charge in [0.1, 0.15) is 11.5 Å². The first-order chi connectivity index (χ1) is 16.6. The van der Waals surface area contributed by atoms with Crippen LogP contribution in [-0.4, -0.2) is 50.9 Å². The van der Waals surface area contributed by atoms with Gasteiger partial charge in [-0.25, -0.2) is 9.59 Å². The summed E-state index contributed by atoms with van der Waals surface area (Å²) in [5, 5.41) is 0. The van der Waals surface area contributed by atoms with E-state index in [0.29, 0.717) is 24.7 Å². The Kier molecular flexibility index (Phi) is 11.0. The normalized spacial score (nSPS) is 13.0. The van der Waals surface area contributed by atoms with E-state index in [1.807, 2.05) is 62.4 Å². The maximum absolute atomic E-state index is 11.8. The van der Waals surface area contributed by atoms with Gasteiger partial charge in [-0.3, -0.25) is 0 Å². The van der Waals surface area contributed by atoms with Crippen LogP contribution in [0.25, 0.3) is 0 Å². The first-order valence-electron chi connectivity index (χ1n) is 11.7. The third-order valence-electron chi connectivity index (χ3n) is 5.26. The summed E-state index contributed by atoms with van der Waals surface area (Å²) in [6, 6.07) is 15.1. The Bertz CT molecular complexity index is 846. The number of carbonyl (C=O) groups is 2. The summed E-state index contributed by atoms with van der Waals surface area (Å²) >= 11 is 0. The number of esters is 2. The molecule has 2 aromatic carbocycles. The molecule has 0 N–H and O–H groups in total. The van der Waals surface area contributed by atoms with Crippen molar-refractivity contribution in [3.05, 3.63) is 59.7 Å². The zero-order chi connectivity index (χ0) is 25.8. The van der Waals surface area contributed by atoms with E-state index in [1.165, 1.54) is 0 Å². The van der Waals surface area contributed by atoms with Crippen LogP contribution in [0.2, 0.25) is 0 Å². The molecule has 0 aromatic heterocycles. The maximum atomic E-state index is 11.8. The van der Waals surface area contributed by atoms with Gasteiger partial charge in [0.2, 0.25) is 0 Å². The highest BCUT2D eigenvalue weighted by atomic mass is 16.7. The standard InChI is InChI=1S/C27H36O8/c1-7-30-19(3)34-25(28)17-32-23-13-9-21(10-14-23)27(5,6)22-11-15-24(16-12-22)33-18-26(29)35-20(4)31-8-2/h9-16,19-20H,7-8,17-18H2,1-6H3. The molecule has 0 spiro atoms. The molecule has 0 radical (unpaired) electrons. The van der Waals surface area contributed by atoms with Crippen LogP contribution in [0.15, 0.2) is 48.5 Å². The van der Waals surface area contributed by atoms with Gasteiger partial charge in [0, 0.05) is 18.6 Å². The third-order valence-corrected chi connectivity index (χ3v) is 5.26. The van der Waals surface area contributed by atoms with E-state index < -0.39 is 24.5 Å². The minimum atomic E-state index is -0.603. The minimum Gasteiger partial charge on any atom is -0.482 e. The second kappa shape index (κ2) is 13.7. The number of carbonyl (C=O) groups excluding carboxylic acids is 2. The molecule has 0 bridgehead atoms. The second-order valence-corrected chi connectivity index (χ2v) is 8.28. The lowest BCUT2D eigenvalue weighted by Crippen LogP contribution is -2.23. The van der Waals surface area contributed by atoms with Gasteiger partial charge in [-0.1, -0.05) is 38.1 Å². The van der Waals surface area contributed by atoms with Gasteiger partial charge in [-0.15, -0.1) is 0 Å². The van der Waals surface area contributed by atoms with Crippen molar-refractivity contribution in [2.75, 3.05) is 26.4 Å². The quantitative estimate of drug-likeness (QED) is 0.281. The van der Waals surface area contributed by atoms with Gasteiger partial charge in [0.25, 0.3) is 0 Å². The molecule has 0 heterocycles. The molecule has 8 heteroatoms. The Balaban J connectivity index is 1.91. The fraction of sp³-hybridized carbons (Fsp3) is 0.481. The van der Waals surface area contributed by atoms with Gasteiger partial charge in [0.05, 0.1) is 0 Å². The number of benzene rings is 2. The van der Waals surface area contributed by atoms with Gasteiger partial charge in [-0.05, 0) is 63.1 Å². The van der Waals surface area contributed by atoms with Crippen molar-refractivity contribution in [1.29, 1.82) is 0 Å². The minimum absolute atomic E-state index is 0.195. The van der Waals surface area contributed by atoms with Crippen molar-refractivity contribution >= 4 is 11.9 Å². The maximum Gasteiger partial charge on any atom is 0.346 e. The van der Waals surface area contributed by atoms with Crippen LogP contribution in [0.5, 0.6) is 11.5 Å². The highest BCUT2D eigenvalue weighted by Crippen LogP contribution is 2.33. The number of hydrogen-bond acceptors (Lipinski definition) is 8. The summed E-state index contributed by atoms with van der Waals surface area (Å²) in [4.78, 5) is 23.7. The largest absolute Gasteiger partial charge is 0.482 e. The van der Waals surface area contributed by atoms with Crippen molar-refractivity contribution in [3.8, 4) is 11.5 Å². The Morgan fingerprint density at radius 2 is 1.03 bits per heavy atom. The molecule has 35 heavy (non-hydrogen) atoms. The summed E-state index contributed by atoms with van der Waals surface area (Å²) in [5.74, 6) is 0.157. The first-order valence-corrected chi connectivity index (χ1v) is 11.7. The van der Waals surface area contributed by atoms with E-state index >= 15 is 0 Å². The SMILES string of the molecule is CCOC(C)OC(=O)COc1ccc(C(C)(C)c2ccc(OCC(=O)OC(C)OCC)cc2)cc1. The monoisotopic (exact) mass is 488 g/mol. The molecule has 0 aliphatic rings. The lowest BCUT2D eigenvalue weighted by molar-refractivity contribution is -0.177. The van der Waals surface area contributed by atoms with Crippen LogP contribution in [0.4, 0.5) is 0 Å². The van der Waals surface area contributed by atoms with Gasteiger partial charge in [-0.2, -0.15) is 0 Å². The molecular weight excluding hydrogens is 452 g/mol. The first kappa shape index (κ1) is 28.1. The molecule has 192 valence electrons. The van der Waals surface area contributed by atoms with E-state index in [4.69, 9.17) is 28.4 Å². The smallest absolute Gasteiger partial charge is 0.346 e. The van der Waals surface area contributed by atoms with E-state index in [2.05, 4.69) is 13.8 Å². The number of ether oxygens (including phenoxy) is 6. The summed E-state index contributed by atoms with van der Waals surface area (Å²) in [6.07, 6.45) is -1.21. The van der Waals surface area contributed by atoms with Crippen LogP contribution < -0.4 is 9.47 Å². The molecule has 0 amide bonds. The molecule has 2 aromatic rings. The van der Waals surface area contributed by atoms with Crippen molar-refractivity contribution in [2.24, 2.45) is 0 Å².